The van der Waals surface area contributed by atoms with E-state index >= 15 is 0 Å². The summed E-state index contributed by atoms with van der Waals surface area (Å²) >= 11 is 0. The van der Waals surface area contributed by atoms with Crippen LogP contribution in [0.2, 0.25) is 0 Å². The van der Waals surface area contributed by atoms with Crippen molar-refractivity contribution in [2.24, 2.45) is 0 Å². The number of benzene rings is 1. The summed E-state index contributed by atoms with van der Waals surface area (Å²) < 4.78 is 0. The minimum atomic E-state index is 0.647. The van der Waals surface area contributed by atoms with Crippen LogP contribution in [-0.2, 0) is 0 Å². The summed E-state index contributed by atoms with van der Waals surface area (Å²) in [6.07, 6.45) is 6.99. The van der Waals surface area contributed by atoms with Gasteiger partial charge in [0, 0.05) is 41.4 Å². The van der Waals surface area contributed by atoms with Crippen LogP contribution >= 0.6 is 0 Å². The quantitative estimate of drug-likeness (QED) is 0.623. The van der Waals surface area contributed by atoms with E-state index in [1.54, 1.807) is 24.8 Å². The van der Waals surface area contributed by atoms with Gasteiger partial charge in [-0.25, -0.2) is 9.97 Å². The van der Waals surface area contributed by atoms with Crippen LogP contribution in [0.1, 0.15) is 0 Å². The van der Waals surface area contributed by atoms with Gasteiger partial charge in [0.2, 0.25) is 0 Å². The highest BCUT2D eigenvalue weighted by Crippen LogP contribution is 2.26. The molecular formula is C18H13N5. The van der Waals surface area contributed by atoms with Gasteiger partial charge in [-0.1, -0.05) is 12.1 Å². The number of pyridine rings is 2. The predicted octanol–water partition coefficient (Wildman–Crippen LogP) is 3.83. The first-order valence-electron chi connectivity index (χ1n) is 7.24. The summed E-state index contributed by atoms with van der Waals surface area (Å²) in [6.45, 7) is 0. The zero-order chi connectivity index (χ0) is 15.5. The van der Waals surface area contributed by atoms with Gasteiger partial charge in [-0.05, 0) is 36.4 Å². The van der Waals surface area contributed by atoms with Crippen molar-refractivity contribution in [3.63, 3.8) is 0 Å². The molecule has 5 heteroatoms. The molecule has 0 saturated carbocycles. The number of rotatable bonds is 3. The van der Waals surface area contributed by atoms with E-state index in [9.17, 15) is 0 Å². The minimum Gasteiger partial charge on any atom is -0.340 e. The molecule has 0 bridgehead atoms. The molecule has 5 nitrogen and oxygen atoms in total. The van der Waals surface area contributed by atoms with Gasteiger partial charge >= 0.3 is 0 Å². The Labute approximate surface area is 133 Å². The van der Waals surface area contributed by atoms with E-state index in [0.29, 0.717) is 5.82 Å². The Morgan fingerprint density at radius 3 is 2.43 bits per heavy atom. The molecule has 0 amide bonds. The van der Waals surface area contributed by atoms with E-state index in [0.717, 1.165) is 28.0 Å². The van der Waals surface area contributed by atoms with Crippen LogP contribution in [-0.4, -0.2) is 19.9 Å². The zero-order valence-corrected chi connectivity index (χ0v) is 12.2. The fourth-order valence-electron chi connectivity index (χ4n) is 2.37. The van der Waals surface area contributed by atoms with Gasteiger partial charge in [-0.2, -0.15) is 0 Å². The molecular weight excluding hydrogens is 286 g/mol. The Bertz CT molecular complexity index is 939. The van der Waals surface area contributed by atoms with Crippen molar-refractivity contribution >= 4 is 22.4 Å². The molecule has 3 heterocycles. The molecule has 4 aromatic rings. The van der Waals surface area contributed by atoms with Gasteiger partial charge in [0.15, 0.2) is 5.82 Å². The Morgan fingerprint density at radius 1 is 0.739 bits per heavy atom. The lowest BCUT2D eigenvalue weighted by Gasteiger charge is -2.10. The van der Waals surface area contributed by atoms with Crippen LogP contribution < -0.4 is 5.32 Å². The molecule has 3 aromatic heterocycles. The first-order valence-corrected chi connectivity index (χ1v) is 7.24. The minimum absolute atomic E-state index is 0.647. The average Bonchev–Trinajstić information content (AvgIpc) is 2.63. The lowest BCUT2D eigenvalue weighted by Crippen LogP contribution is -1.99. The van der Waals surface area contributed by atoms with Crippen molar-refractivity contribution < 1.29 is 0 Å². The SMILES string of the molecule is c1cncc(-c2nc(Nc3ccncc3)c3ccccc3n2)c1. The summed E-state index contributed by atoms with van der Waals surface area (Å²) in [7, 11) is 0. The van der Waals surface area contributed by atoms with Gasteiger partial charge in [0.1, 0.15) is 5.82 Å². The standard InChI is InChI=1S/C18H13N5/c1-2-6-16-15(5-1)18(21-14-7-10-19-11-8-14)23-17(22-16)13-4-3-9-20-12-13/h1-12H,(H,19,21,22,23). The fraction of sp³-hybridized carbons (Fsp3) is 0. The second kappa shape index (κ2) is 5.81. The topological polar surface area (TPSA) is 63.6 Å². The largest absolute Gasteiger partial charge is 0.340 e. The summed E-state index contributed by atoms with van der Waals surface area (Å²) in [6, 6.07) is 15.6. The third-order valence-electron chi connectivity index (χ3n) is 3.47. The lowest BCUT2D eigenvalue weighted by molar-refractivity contribution is 1.20. The summed E-state index contributed by atoms with van der Waals surface area (Å²) in [5.41, 5.74) is 2.70. The van der Waals surface area contributed by atoms with E-state index in [1.807, 2.05) is 48.5 Å². The van der Waals surface area contributed by atoms with Gasteiger partial charge in [-0.15, -0.1) is 0 Å². The van der Waals surface area contributed by atoms with Crippen molar-refractivity contribution in [3.8, 4) is 11.4 Å². The maximum absolute atomic E-state index is 4.68. The number of para-hydroxylation sites is 1. The van der Waals surface area contributed by atoms with Crippen LogP contribution in [0.4, 0.5) is 11.5 Å². The molecule has 1 aromatic carbocycles. The number of hydrogen-bond donors (Lipinski definition) is 1. The van der Waals surface area contributed by atoms with Crippen molar-refractivity contribution in [1.29, 1.82) is 0 Å². The number of hydrogen-bond acceptors (Lipinski definition) is 5. The van der Waals surface area contributed by atoms with Crippen LogP contribution in [0.25, 0.3) is 22.3 Å². The zero-order valence-electron chi connectivity index (χ0n) is 12.2. The summed E-state index contributed by atoms with van der Waals surface area (Å²) in [5, 5.41) is 4.31. The second-order valence-electron chi connectivity index (χ2n) is 5.02. The molecule has 0 aliphatic heterocycles. The molecule has 0 fully saturated rings. The van der Waals surface area contributed by atoms with Gasteiger partial charge < -0.3 is 5.32 Å². The maximum atomic E-state index is 4.68. The highest BCUT2D eigenvalue weighted by Gasteiger charge is 2.09. The molecule has 23 heavy (non-hydrogen) atoms. The number of nitrogens with one attached hydrogen (secondary N) is 1. The Morgan fingerprint density at radius 2 is 1.61 bits per heavy atom. The first-order chi connectivity index (χ1) is 11.4. The third kappa shape index (κ3) is 2.72. The molecule has 1 N–H and O–H groups in total. The molecule has 0 atom stereocenters. The average molecular weight is 299 g/mol. The number of nitrogens with zero attached hydrogens (tertiary/aromatic N) is 4. The van der Waals surface area contributed by atoms with E-state index in [-0.39, 0.29) is 0 Å². The van der Waals surface area contributed by atoms with Crippen LogP contribution in [0.15, 0.2) is 73.3 Å². The molecule has 0 radical (unpaired) electrons. The van der Waals surface area contributed by atoms with E-state index < -0.39 is 0 Å². The molecule has 4 rings (SSSR count). The molecule has 0 saturated heterocycles. The van der Waals surface area contributed by atoms with Gasteiger partial charge in [0.25, 0.3) is 0 Å². The van der Waals surface area contributed by atoms with E-state index in [2.05, 4.69) is 25.3 Å². The fourth-order valence-corrected chi connectivity index (χ4v) is 2.37. The molecule has 110 valence electrons. The van der Waals surface area contributed by atoms with Gasteiger partial charge in [0.05, 0.1) is 5.52 Å². The second-order valence-corrected chi connectivity index (χ2v) is 5.02. The van der Waals surface area contributed by atoms with Crippen LogP contribution in [0.5, 0.6) is 0 Å². The lowest BCUT2D eigenvalue weighted by atomic mass is 10.2. The maximum Gasteiger partial charge on any atom is 0.163 e. The normalized spacial score (nSPS) is 10.6. The monoisotopic (exact) mass is 299 g/mol. The van der Waals surface area contributed by atoms with E-state index in [4.69, 9.17) is 0 Å². The van der Waals surface area contributed by atoms with Crippen molar-refractivity contribution in [1.82, 2.24) is 19.9 Å². The number of aromatic nitrogens is 4. The van der Waals surface area contributed by atoms with Crippen molar-refractivity contribution in [2.45, 2.75) is 0 Å². The highest BCUT2D eigenvalue weighted by atomic mass is 15.0. The Balaban J connectivity index is 1.87. The van der Waals surface area contributed by atoms with Gasteiger partial charge in [-0.3, -0.25) is 9.97 Å². The molecule has 0 unspecified atom stereocenters. The molecule has 0 spiro atoms. The molecule has 0 aliphatic rings. The van der Waals surface area contributed by atoms with Crippen molar-refractivity contribution in [2.75, 3.05) is 5.32 Å². The van der Waals surface area contributed by atoms with Crippen LogP contribution in [0.3, 0.4) is 0 Å². The summed E-state index contributed by atoms with van der Waals surface area (Å²) in [5.74, 6) is 1.41. The third-order valence-corrected chi connectivity index (χ3v) is 3.47. The summed E-state index contributed by atoms with van der Waals surface area (Å²) in [4.78, 5) is 17.5. The smallest absolute Gasteiger partial charge is 0.163 e. The first kappa shape index (κ1) is 13.3. The predicted molar refractivity (Wildman–Crippen MR) is 90.3 cm³/mol. The number of fused-ring (bicyclic) bond motifs is 1. The van der Waals surface area contributed by atoms with Crippen molar-refractivity contribution in [3.05, 3.63) is 73.3 Å². The van der Waals surface area contributed by atoms with Crippen LogP contribution in [0, 0.1) is 0 Å². The Hall–Kier alpha value is -3.34. The van der Waals surface area contributed by atoms with E-state index in [1.165, 1.54) is 0 Å². The number of anilines is 2. The highest BCUT2D eigenvalue weighted by molar-refractivity contribution is 5.92. The molecule has 0 aliphatic carbocycles. The Kier molecular flexibility index (Phi) is 3.37.